The molecule has 0 saturated heterocycles. The van der Waals surface area contributed by atoms with Crippen molar-refractivity contribution in [1.82, 2.24) is 15.0 Å². The second kappa shape index (κ2) is 8.89. The van der Waals surface area contributed by atoms with Gasteiger partial charge in [-0.1, -0.05) is 30.3 Å². The Labute approximate surface area is 184 Å². The second-order valence-electron chi connectivity index (χ2n) is 7.08. The summed E-state index contributed by atoms with van der Waals surface area (Å²) in [5, 5.41) is 1.91. The summed E-state index contributed by atoms with van der Waals surface area (Å²) >= 11 is 0. The van der Waals surface area contributed by atoms with Gasteiger partial charge in [-0.3, -0.25) is 14.6 Å². The second-order valence-corrected chi connectivity index (χ2v) is 7.08. The molecule has 4 aromatic rings. The van der Waals surface area contributed by atoms with E-state index in [4.69, 9.17) is 14.0 Å². The number of benzene rings is 2. The molecule has 0 unspecified atom stereocenters. The summed E-state index contributed by atoms with van der Waals surface area (Å²) in [4.78, 5) is 39.0. The van der Waals surface area contributed by atoms with E-state index >= 15 is 0 Å². The van der Waals surface area contributed by atoms with Crippen LogP contribution >= 0.6 is 0 Å². The topological polar surface area (TPSA) is 94.8 Å². The lowest BCUT2D eigenvalue weighted by Crippen LogP contribution is -2.33. The average Bonchev–Trinajstić information content (AvgIpc) is 3.19. The number of amides is 1. The molecule has 0 aliphatic rings. The predicted octanol–water partition coefficient (Wildman–Crippen LogP) is 4.33. The van der Waals surface area contributed by atoms with E-state index in [-0.39, 0.29) is 18.1 Å². The van der Waals surface area contributed by atoms with Gasteiger partial charge >= 0.3 is 11.9 Å². The molecule has 0 spiro atoms. The number of aryl methyl sites for hydroxylation is 1. The molecule has 0 aliphatic carbocycles. The summed E-state index contributed by atoms with van der Waals surface area (Å²) in [5.74, 6) is -0.0400. The highest BCUT2D eigenvalue weighted by Gasteiger charge is 2.26. The Morgan fingerprint density at radius 3 is 2.62 bits per heavy atom. The molecule has 1 amide bonds. The minimum absolute atomic E-state index is 0.0377. The number of hydrogen-bond acceptors (Lipinski definition) is 7. The van der Waals surface area contributed by atoms with E-state index in [1.807, 2.05) is 30.3 Å². The summed E-state index contributed by atoms with van der Waals surface area (Å²) in [6, 6.07) is 18.4. The number of ether oxygens (including phenoxy) is 1. The Balaban J connectivity index is 1.64. The maximum absolute atomic E-state index is 13.2. The molecule has 0 N–H and O–H groups in total. The van der Waals surface area contributed by atoms with Crippen molar-refractivity contribution in [2.75, 3.05) is 7.11 Å². The van der Waals surface area contributed by atoms with Crippen LogP contribution in [0.15, 0.2) is 65.1 Å². The van der Waals surface area contributed by atoms with Crippen LogP contribution in [-0.4, -0.2) is 34.0 Å². The number of carbonyl (C=O) groups excluding carboxylic acids is 2. The molecule has 32 heavy (non-hydrogen) atoms. The molecule has 0 atom stereocenters. The number of nitrogens with zero attached hydrogens (tertiary/aromatic N) is 3. The van der Waals surface area contributed by atoms with Gasteiger partial charge in [0.25, 0.3) is 0 Å². The Hall–Kier alpha value is -4.20. The lowest BCUT2D eigenvalue weighted by Gasteiger charge is -2.19. The van der Waals surface area contributed by atoms with Crippen molar-refractivity contribution >= 4 is 22.8 Å². The van der Waals surface area contributed by atoms with Crippen molar-refractivity contribution in [1.29, 1.82) is 0 Å². The minimum atomic E-state index is -0.631. The molecule has 8 heteroatoms. The molecule has 0 radical (unpaired) electrons. The van der Waals surface area contributed by atoms with E-state index in [1.165, 1.54) is 6.92 Å². The predicted molar refractivity (Wildman–Crippen MR) is 117 cm³/mol. The third-order valence-corrected chi connectivity index (χ3v) is 4.74. The van der Waals surface area contributed by atoms with E-state index in [1.54, 1.807) is 44.4 Å². The number of aromatic nitrogens is 2. The van der Waals surface area contributed by atoms with Gasteiger partial charge in [0.1, 0.15) is 18.1 Å². The number of carbonyl (C=O) groups is 2. The van der Waals surface area contributed by atoms with Crippen LogP contribution in [0.3, 0.4) is 0 Å². The fraction of sp³-hybridized carbons (Fsp3) is 0.167. The Morgan fingerprint density at radius 1 is 1.03 bits per heavy atom. The van der Waals surface area contributed by atoms with Gasteiger partial charge in [-0.2, -0.15) is 5.06 Å². The number of para-hydroxylation sites is 1. The molecule has 0 fully saturated rings. The van der Waals surface area contributed by atoms with E-state index in [2.05, 4.69) is 9.97 Å². The van der Waals surface area contributed by atoms with Crippen molar-refractivity contribution < 1.29 is 23.6 Å². The summed E-state index contributed by atoms with van der Waals surface area (Å²) in [7, 11) is 1.56. The first-order valence-corrected chi connectivity index (χ1v) is 9.91. The average molecular weight is 431 g/mol. The zero-order valence-electron chi connectivity index (χ0n) is 17.9. The molecule has 0 saturated carbocycles. The lowest BCUT2D eigenvalue weighted by molar-refractivity contribution is -0.177. The van der Waals surface area contributed by atoms with E-state index in [0.717, 1.165) is 16.0 Å². The highest BCUT2D eigenvalue weighted by atomic mass is 16.7. The molecule has 2 heterocycles. The molecular formula is C24H21N3O5. The standard InChI is InChI=1S/C24H21N3O5/c1-15-22(26-23(31-15)18-8-6-9-20(13-18)30-3)24(29)27(32-16(2)28)14-19-12-11-17-7-4-5-10-21(17)25-19/h4-13H,14H2,1-3H3. The fourth-order valence-electron chi connectivity index (χ4n) is 3.24. The third-order valence-electron chi connectivity index (χ3n) is 4.74. The van der Waals surface area contributed by atoms with Gasteiger partial charge in [0.05, 0.1) is 18.3 Å². The summed E-state index contributed by atoms with van der Waals surface area (Å²) in [6.07, 6.45) is 0. The minimum Gasteiger partial charge on any atom is -0.497 e. The van der Waals surface area contributed by atoms with Crippen molar-refractivity contribution in [3.63, 3.8) is 0 Å². The molecule has 0 aliphatic heterocycles. The molecule has 162 valence electrons. The van der Waals surface area contributed by atoms with Crippen molar-refractivity contribution in [3.8, 4) is 17.2 Å². The number of rotatable bonds is 5. The maximum Gasteiger partial charge on any atom is 0.329 e. The van der Waals surface area contributed by atoms with Crippen molar-refractivity contribution in [2.24, 2.45) is 0 Å². The number of oxazole rings is 1. The van der Waals surface area contributed by atoms with E-state index in [0.29, 0.717) is 22.8 Å². The number of fused-ring (bicyclic) bond motifs is 1. The van der Waals surface area contributed by atoms with Gasteiger partial charge in [-0.05, 0) is 37.3 Å². The summed E-state index contributed by atoms with van der Waals surface area (Å²) < 4.78 is 10.9. The first-order valence-electron chi connectivity index (χ1n) is 9.91. The Kier molecular flexibility index (Phi) is 5.85. The van der Waals surface area contributed by atoms with Crippen LogP contribution in [0.25, 0.3) is 22.4 Å². The van der Waals surface area contributed by atoms with Crippen molar-refractivity contribution in [2.45, 2.75) is 20.4 Å². The summed E-state index contributed by atoms with van der Waals surface area (Å²) in [5.41, 5.74) is 2.04. The SMILES string of the molecule is COc1cccc(-c2nc(C(=O)N(Cc3ccc4ccccc4n3)OC(C)=O)c(C)o2)c1. The van der Waals surface area contributed by atoms with E-state index in [9.17, 15) is 9.59 Å². The molecule has 4 rings (SSSR count). The molecular weight excluding hydrogens is 410 g/mol. The third kappa shape index (κ3) is 4.44. The van der Waals surface area contributed by atoms with Crippen LogP contribution in [0.1, 0.15) is 28.9 Å². The normalized spacial score (nSPS) is 10.7. The monoisotopic (exact) mass is 431 g/mol. The number of hydroxylamine groups is 2. The first kappa shape index (κ1) is 21.0. The van der Waals surface area contributed by atoms with Gasteiger partial charge in [0.15, 0.2) is 5.69 Å². The lowest BCUT2D eigenvalue weighted by atomic mass is 10.2. The first-order chi connectivity index (χ1) is 15.4. The van der Waals surface area contributed by atoms with Gasteiger partial charge in [0.2, 0.25) is 5.89 Å². The largest absolute Gasteiger partial charge is 0.497 e. The summed E-state index contributed by atoms with van der Waals surface area (Å²) in [6.45, 7) is 2.82. The van der Waals surface area contributed by atoms with Gasteiger partial charge in [-0.15, -0.1) is 0 Å². The molecule has 2 aromatic carbocycles. The van der Waals surface area contributed by atoms with Gasteiger partial charge in [0, 0.05) is 17.9 Å². The van der Waals surface area contributed by atoms with Crippen LogP contribution in [0, 0.1) is 6.92 Å². The highest BCUT2D eigenvalue weighted by Crippen LogP contribution is 2.26. The molecule has 2 aromatic heterocycles. The maximum atomic E-state index is 13.2. The molecule has 0 bridgehead atoms. The quantitative estimate of drug-likeness (QED) is 0.434. The zero-order chi connectivity index (χ0) is 22.7. The number of hydrogen-bond donors (Lipinski definition) is 0. The van der Waals surface area contributed by atoms with E-state index < -0.39 is 11.9 Å². The van der Waals surface area contributed by atoms with Crippen LogP contribution in [0.5, 0.6) is 5.75 Å². The van der Waals surface area contributed by atoms with Crippen LogP contribution in [0.2, 0.25) is 0 Å². The van der Waals surface area contributed by atoms with Crippen LogP contribution < -0.4 is 4.74 Å². The van der Waals surface area contributed by atoms with Gasteiger partial charge in [-0.25, -0.2) is 4.98 Å². The highest BCUT2D eigenvalue weighted by molar-refractivity contribution is 5.93. The Bertz CT molecular complexity index is 1300. The zero-order valence-corrected chi connectivity index (χ0v) is 17.9. The van der Waals surface area contributed by atoms with Crippen LogP contribution in [0.4, 0.5) is 0 Å². The number of methoxy groups -OCH3 is 1. The number of pyridine rings is 1. The van der Waals surface area contributed by atoms with Gasteiger partial charge < -0.3 is 14.0 Å². The fourth-order valence-corrected chi connectivity index (χ4v) is 3.24. The smallest absolute Gasteiger partial charge is 0.329 e. The van der Waals surface area contributed by atoms with Crippen LogP contribution in [-0.2, 0) is 16.2 Å². The molecule has 8 nitrogen and oxygen atoms in total. The Morgan fingerprint density at radius 2 is 1.84 bits per heavy atom. The van der Waals surface area contributed by atoms with Crippen molar-refractivity contribution in [3.05, 3.63) is 77.8 Å².